The van der Waals surface area contributed by atoms with Gasteiger partial charge in [-0.3, -0.25) is 9.20 Å². The number of para-hydroxylation sites is 1. The lowest BCUT2D eigenvalue weighted by Gasteiger charge is -2.11. The molecule has 3 heterocycles. The Morgan fingerprint density at radius 1 is 1.12 bits per heavy atom. The van der Waals surface area contributed by atoms with Crippen molar-refractivity contribution < 1.29 is 4.79 Å². The Morgan fingerprint density at radius 2 is 1.92 bits per heavy atom. The topological polar surface area (TPSA) is 42.5 Å². The summed E-state index contributed by atoms with van der Waals surface area (Å²) in [5, 5.41) is 0. The second-order valence-corrected chi connectivity index (χ2v) is 7.06. The van der Waals surface area contributed by atoms with Gasteiger partial charge in [0.15, 0.2) is 0 Å². The van der Waals surface area contributed by atoms with Crippen LogP contribution in [0.2, 0.25) is 0 Å². The average molecular weight is 344 g/mol. The molecule has 0 atom stereocenters. The van der Waals surface area contributed by atoms with Crippen LogP contribution in [0.5, 0.6) is 0 Å². The lowest BCUT2D eigenvalue weighted by atomic mass is 10.1. The van der Waals surface area contributed by atoms with E-state index < -0.39 is 0 Å². The minimum absolute atomic E-state index is 0.0816. The highest BCUT2D eigenvalue weighted by Crippen LogP contribution is 2.34. The predicted octanol–water partition coefficient (Wildman–Crippen LogP) is 3.14. The lowest BCUT2D eigenvalue weighted by molar-refractivity contribution is -0.128. The standard InChI is InChI=1S/C21H20N4O/c1-23(2)18(26)13-17-19(14-7-4-3-5-8-14)22-21-24-12-11-15-9-6-10-16(20(15)24)25(17)21/h3-10H,11-13H2,1-2H3. The van der Waals surface area contributed by atoms with Gasteiger partial charge in [0, 0.05) is 26.2 Å². The first-order valence-electron chi connectivity index (χ1n) is 8.92. The third kappa shape index (κ3) is 2.03. The van der Waals surface area contributed by atoms with Crippen molar-refractivity contribution in [2.75, 3.05) is 14.1 Å². The summed E-state index contributed by atoms with van der Waals surface area (Å²) in [4.78, 5) is 19.2. The molecule has 5 nitrogen and oxygen atoms in total. The van der Waals surface area contributed by atoms with Crippen LogP contribution in [-0.2, 0) is 24.2 Å². The van der Waals surface area contributed by atoms with Crippen molar-refractivity contribution >= 4 is 22.7 Å². The molecule has 0 N–H and O–H groups in total. The SMILES string of the molecule is CN(C)C(=O)Cc1c(-c2ccccc2)nc2n3c4c(cccc4n12)CC3. The van der Waals surface area contributed by atoms with E-state index in [4.69, 9.17) is 4.98 Å². The summed E-state index contributed by atoms with van der Waals surface area (Å²) in [5.74, 6) is 1.02. The maximum Gasteiger partial charge on any atom is 0.228 e. The molecule has 2 aromatic heterocycles. The maximum atomic E-state index is 12.5. The van der Waals surface area contributed by atoms with E-state index in [0.717, 1.165) is 41.2 Å². The number of amides is 1. The number of fused-ring (bicyclic) bond motifs is 3. The number of aryl methyl sites for hydroxylation is 2. The summed E-state index contributed by atoms with van der Waals surface area (Å²) in [6.45, 7) is 0.943. The summed E-state index contributed by atoms with van der Waals surface area (Å²) in [6.07, 6.45) is 1.38. The molecule has 2 aromatic carbocycles. The zero-order chi connectivity index (χ0) is 17.8. The van der Waals surface area contributed by atoms with Crippen LogP contribution in [0.25, 0.3) is 28.1 Å². The monoisotopic (exact) mass is 344 g/mol. The van der Waals surface area contributed by atoms with E-state index >= 15 is 0 Å². The smallest absolute Gasteiger partial charge is 0.228 e. The molecule has 1 aliphatic rings. The Bertz CT molecular complexity index is 1150. The fraction of sp³-hybridized carbons (Fsp3) is 0.238. The van der Waals surface area contributed by atoms with Gasteiger partial charge in [-0.15, -0.1) is 0 Å². The van der Waals surface area contributed by atoms with Gasteiger partial charge in [0.2, 0.25) is 11.7 Å². The average Bonchev–Trinajstić information content (AvgIpc) is 3.31. The van der Waals surface area contributed by atoms with Gasteiger partial charge < -0.3 is 9.47 Å². The third-order valence-electron chi connectivity index (χ3n) is 5.28. The number of carbonyl (C=O) groups is 1. The molecule has 0 aliphatic carbocycles. The fourth-order valence-electron chi connectivity index (χ4n) is 3.98. The molecule has 5 rings (SSSR count). The Labute approximate surface area is 151 Å². The van der Waals surface area contributed by atoms with Crippen LogP contribution in [0.3, 0.4) is 0 Å². The summed E-state index contributed by atoms with van der Waals surface area (Å²) in [5.41, 5.74) is 6.68. The molecule has 1 aliphatic heterocycles. The summed E-state index contributed by atoms with van der Waals surface area (Å²) in [7, 11) is 3.60. The second-order valence-electron chi connectivity index (χ2n) is 7.06. The highest BCUT2D eigenvalue weighted by Gasteiger charge is 2.26. The van der Waals surface area contributed by atoms with Gasteiger partial charge in [0.25, 0.3) is 0 Å². The number of rotatable bonds is 3. The van der Waals surface area contributed by atoms with Gasteiger partial charge in [-0.05, 0) is 18.1 Å². The first-order valence-corrected chi connectivity index (χ1v) is 8.92. The Morgan fingerprint density at radius 3 is 2.69 bits per heavy atom. The maximum absolute atomic E-state index is 12.5. The van der Waals surface area contributed by atoms with E-state index in [1.165, 1.54) is 11.1 Å². The van der Waals surface area contributed by atoms with Gasteiger partial charge in [-0.25, -0.2) is 4.98 Å². The highest BCUT2D eigenvalue weighted by atomic mass is 16.2. The quantitative estimate of drug-likeness (QED) is 0.573. The zero-order valence-corrected chi connectivity index (χ0v) is 14.9. The minimum atomic E-state index is 0.0816. The molecule has 1 amide bonds. The van der Waals surface area contributed by atoms with Crippen LogP contribution >= 0.6 is 0 Å². The number of hydrogen-bond donors (Lipinski definition) is 0. The number of aromatic nitrogens is 3. The second kappa shape index (κ2) is 5.46. The van der Waals surface area contributed by atoms with Crippen molar-refractivity contribution in [1.29, 1.82) is 0 Å². The number of nitrogens with zero attached hydrogens (tertiary/aromatic N) is 4. The Balaban J connectivity index is 1.84. The molecule has 0 radical (unpaired) electrons. The number of imidazole rings is 2. The molecule has 0 saturated carbocycles. The van der Waals surface area contributed by atoms with Crippen LogP contribution in [0.1, 0.15) is 11.3 Å². The van der Waals surface area contributed by atoms with E-state index in [-0.39, 0.29) is 5.91 Å². The normalized spacial score (nSPS) is 13.0. The van der Waals surface area contributed by atoms with Crippen LogP contribution in [0, 0.1) is 0 Å². The van der Waals surface area contributed by atoms with Gasteiger partial charge in [-0.1, -0.05) is 42.5 Å². The van der Waals surface area contributed by atoms with Crippen molar-refractivity contribution in [3.05, 3.63) is 59.8 Å². The largest absolute Gasteiger partial charge is 0.348 e. The van der Waals surface area contributed by atoms with Crippen molar-refractivity contribution in [2.45, 2.75) is 19.4 Å². The van der Waals surface area contributed by atoms with Crippen LogP contribution in [0.4, 0.5) is 0 Å². The fourth-order valence-corrected chi connectivity index (χ4v) is 3.98. The number of benzene rings is 2. The van der Waals surface area contributed by atoms with Gasteiger partial charge in [0.1, 0.15) is 0 Å². The molecule has 0 spiro atoms. The molecule has 130 valence electrons. The van der Waals surface area contributed by atoms with Gasteiger partial charge in [0.05, 0.1) is 28.8 Å². The molecule has 4 aromatic rings. The highest BCUT2D eigenvalue weighted by molar-refractivity contribution is 5.89. The van der Waals surface area contributed by atoms with Gasteiger partial charge in [-0.2, -0.15) is 0 Å². The van der Waals surface area contributed by atoms with Gasteiger partial charge >= 0.3 is 0 Å². The zero-order valence-electron chi connectivity index (χ0n) is 14.9. The van der Waals surface area contributed by atoms with E-state index in [9.17, 15) is 4.79 Å². The molecule has 0 unspecified atom stereocenters. The molecular weight excluding hydrogens is 324 g/mol. The van der Waals surface area contributed by atoms with Crippen molar-refractivity contribution in [3.63, 3.8) is 0 Å². The van der Waals surface area contributed by atoms with Crippen molar-refractivity contribution in [2.24, 2.45) is 0 Å². The summed E-state index contributed by atoms with van der Waals surface area (Å²) >= 11 is 0. The van der Waals surface area contributed by atoms with E-state index in [1.807, 2.05) is 18.2 Å². The summed E-state index contributed by atoms with van der Waals surface area (Å²) < 4.78 is 4.47. The third-order valence-corrected chi connectivity index (χ3v) is 5.28. The first kappa shape index (κ1) is 15.2. The molecule has 26 heavy (non-hydrogen) atoms. The van der Waals surface area contributed by atoms with E-state index in [2.05, 4.69) is 39.3 Å². The lowest BCUT2D eigenvalue weighted by Crippen LogP contribution is -2.24. The van der Waals surface area contributed by atoms with Crippen LogP contribution < -0.4 is 0 Å². The first-order chi connectivity index (χ1) is 12.6. The van der Waals surface area contributed by atoms with Crippen molar-refractivity contribution in [3.8, 4) is 11.3 Å². The molecule has 0 saturated heterocycles. The molecular formula is C21H20N4O. The molecule has 5 heteroatoms. The van der Waals surface area contributed by atoms with E-state index in [0.29, 0.717) is 6.42 Å². The number of hydrogen-bond acceptors (Lipinski definition) is 2. The number of likely N-dealkylation sites (N-methyl/N-ethyl adjacent to an activating group) is 1. The van der Waals surface area contributed by atoms with E-state index in [1.54, 1.807) is 19.0 Å². The number of carbonyl (C=O) groups excluding carboxylic acids is 1. The van der Waals surface area contributed by atoms with Crippen molar-refractivity contribution in [1.82, 2.24) is 18.9 Å². The Kier molecular flexibility index (Phi) is 3.19. The molecule has 0 fully saturated rings. The van der Waals surface area contributed by atoms with Crippen LogP contribution in [0.15, 0.2) is 48.5 Å². The summed E-state index contributed by atoms with van der Waals surface area (Å²) in [6, 6.07) is 16.6. The van der Waals surface area contributed by atoms with Crippen LogP contribution in [-0.4, -0.2) is 38.9 Å². The predicted molar refractivity (Wildman–Crippen MR) is 102 cm³/mol. The molecule has 0 bridgehead atoms. The Hall–Kier alpha value is -3.08. The minimum Gasteiger partial charge on any atom is -0.348 e.